The fraction of sp³-hybridized carbons (Fsp3) is 0.727. The van der Waals surface area contributed by atoms with Crippen LogP contribution in [0.1, 0.15) is 19.3 Å². The number of β-amino-alcohol motifs (C(OH)–C–C–N with tert-alkyl or cyclic N) is 1. The van der Waals surface area contributed by atoms with Crippen LogP contribution < -0.4 is 5.73 Å². The summed E-state index contributed by atoms with van der Waals surface area (Å²) >= 11 is 3.99. The van der Waals surface area contributed by atoms with Gasteiger partial charge in [-0.25, -0.2) is 4.79 Å². The summed E-state index contributed by atoms with van der Waals surface area (Å²) in [4.78, 5) is 35.3. The molecule has 1 aliphatic rings. The number of primary amides is 1. The standard InChI is InChI=1S/C11H18N2O5S/c12-9(15)3-6(5-19)10(16)13-4-7(14)1-2-8(13)11(17)18/h6-8,14,19H,1-5H2,(H2,12,15)(H,17,18). The van der Waals surface area contributed by atoms with Crippen LogP contribution in [0.25, 0.3) is 0 Å². The van der Waals surface area contributed by atoms with E-state index in [4.69, 9.17) is 10.8 Å². The van der Waals surface area contributed by atoms with E-state index < -0.39 is 35.8 Å². The normalized spacial score (nSPS) is 24.8. The van der Waals surface area contributed by atoms with Gasteiger partial charge in [-0.05, 0) is 12.8 Å². The minimum Gasteiger partial charge on any atom is -0.480 e. The highest BCUT2D eigenvalue weighted by atomic mass is 32.1. The van der Waals surface area contributed by atoms with Crippen molar-refractivity contribution in [3.63, 3.8) is 0 Å². The van der Waals surface area contributed by atoms with E-state index in [9.17, 15) is 19.5 Å². The lowest BCUT2D eigenvalue weighted by atomic mass is 9.96. The number of nitrogens with two attached hydrogens (primary N) is 1. The minimum atomic E-state index is -1.11. The number of thiol groups is 1. The summed E-state index contributed by atoms with van der Waals surface area (Å²) in [5.41, 5.74) is 5.05. The SMILES string of the molecule is NC(=O)CC(CS)C(=O)N1CC(O)CCC1C(=O)O. The first-order chi connectivity index (χ1) is 8.86. The van der Waals surface area contributed by atoms with E-state index in [1.807, 2.05) is 0 Å². The Hall–Kier alpha value is -1.28. The number of piperidine rings is 1. The van der Waals surface area contributed by atoms with Crippen molar-refractivity contribution in [1.29, 1.82) is 0 Å². The van der Waals surface area contributed by atoms with Gasteiger partial charge < -0.3 is 20.8 Å². The number of nitrogens with zero attached hydrogens (tertiary/aromatic N) is 1. The maximum Gasteiger partial charge on any atom is 0.326 e. The van der Waals surface area contributed by atoms with E-state index in [0.29, 0.717) is 6.42 Å². The van der Waals surface area contributed by atoms with E-state index in [1.165, 1.54) is 0 Å². The maximum atomic E-state index is 12.2. The average Bonchev–Trinajstić information content (AvgIpc) is 2.34. The molecule has 0 spiro atoms. The summed E-state index contributed by atoms with van der Waals surface area (Å²) in [6.07, 6.45) is -0.393. The fourth-order valence-corrected chi connectivity index (χ4v) is 2.44. The molecule has 0 aromatic rings. The summed E-state index contributed by atoms with van der Waals surface area (Å²) in [5, 5.41) is 18.7. The van der Waals surface area contributed by atoms with Crippen LogP contribution in [0.3, 0.4) is 0 Å². The van der Waals surface area contributed by atoms with Crippen molar-refractivity contribution in [1.82, 2.24) is 4.90 Å². The Morgan fingerprint density at radius 1 is 1.37 bits per heavy atom. The topological polar surface area (TPSA) is 121 Å². The molecule has 1 fully saturated rings. The number of rotatable bonds is 5. The van der Waals surface area contributed by atoms with Crippen molar-refractivity contribution in [3.8, 4) is 0 Å². The second kappa shape index (κ2) is 6.76. The van der Waals surface area contributed by atoms with Gasteiger partial charge in [0.15, 0.2) is 0 Å². The van der Waals surface area contributed by atoms with Crippen LogP contribution >= 0.6 is 12.6 Å². The van der Waals surface area contributed by atoms with Gasteiger partial charge in [0, 0.05) is 18.7 Å². The largest absolute Gasteiger partial charge is 0.480 e. The summed E-state index contributed by atoms with van der Waals surface area (Å²) < 4.78 is 0. The molecule has 8 heteroatoms. The molecule has 0 aliphatic carbocycles. The van der Waals surface area contributed by atoms with Gasteiger partial charge in [0.25, 0.3) is 0 Å². The predicted octanol–water partition coefficient (Wildman–Crippen LogP) is -1.16. The highest BCUT2D eigenvalue weighted by Crippen LogP contribution is 2.21. The Morgan fingerprint density at radius 3 is 2.47 bits per heavy atom. The van der Waals surface area contributed by atoms with Crippen molar-refractivity contribution in [2.24, 2.45) is 11.7 Å². The molecule has 1 rings (SSSR count). The lowest BCUT2D eigenvalue weighted by molar-refractivity contribution is -0.156. The van der Waals surface area contributed by atoms with Crippen molar-refractivity contribution in [2.45, 2.75) is 31.4 Å². The molecule has 108 valence electrons. The van der Waals surface area contributed by atoms with Crippen LogP contribution in [0.2, 0.25) is 0 Å². The lowest BCUT2D eigenvalue weighted by Crippen LogP contribution is -2.54. The summed E-state index contributed by atoms with van der Waals surface area (Å²) in [6, 6.07) is -0.967. The number of aliphatic hydroxyl groups excluding tert-OH is 1. The molecular formula is C11H18N2O5S. The molecule has 1 aliphatic heterocycles. The van der Waals surface area contributed by atoms with Crippen LogP contribution in [-0.4, -0.2) is 57.3 Å². The Labute approximate surface area is 116 Å². The molecule has 1 saturated heterocycles. The molecule has 3 atom stereocenters. The predicted molar refractivity (Wildman–Crippen MR) is 69.5 cm³/mol. The number of likely N-dealkylation sites (tertiary alicyclic amines) is 1. The van der Waals surface area contributed by atoms with Gasteiger partial charge in [-0.3, -0.25) is 9.59 Å². The van der Waals surface area contributed by atoms with Gasteiger partial charge in [-0.1, -0.05) is 0 Å². The Kier molecular flexibility index (Phi) is 5.61. The number of carboxylic acids is 1. The fourth-order valence-electron chi connectivity index (χ4n) is 2.16. The van der Waals surface area contributed by atoms with Gasteiger partial charge >= 0.3 is 5.97 Å². The molecule has 0 bridgehead atoms. The van der Waals surface area contributed by atoms with Crippen LogP contribution in [0.4, 0.5) is 0 Å². The molecular weight excluding hydrogens is 272 g/mol. The average molecular weight is 290 g/mol. The van der Waals surface area contributed by atoms with Crippen molar-refractivity contribution < 1.29 is 24.6 Å². The third-order valence-corrected chi connectivity index (χ3v) is 3.58. The second-order valence-electron chi connectivity index (χ2n) is 4.63. The van der Waals surface area contributed by atoms with Crippen LogP contribution in [0, 0.1) is 5.92 Å². The quantitative estimate of drug-likeness (QED) is 0.476. The van der Waals surface area contributed by atoms with Crippen LogP contribution in [-0.2, 0) is 14.4 Å². The molecule has 7 nitrogen and oxygen atoms in total. The Morgan fingerprint density at radius 2 is 2.00 bits per heavy atom. The zero-order chi connectivity index (χ0) is 14.6. The number of amides is 2. The van der Waals surface area contributed by atoms with Gasteiger partial charge in [0.1, 0.15) is 6.04 Å². The van der Waals surface area contributed by atoms with Gasteiger partial charge in [-0.2, -0.15) is 12.6 Å². The molecule has 4 N–H and O–H groups in total. The molecule has 3 unspecified atom stereocenters. The summed E-state index contributed by atoms with van der Waals surface area (Å²) in [5.74, 6) is -2.91. The number of hydrogen-bond donors (Lipinski definition) is 4. The Bertz CT molecular complexity index is 376. The number of carbonyl (C=O) groups is 3. The lowest BCUT2D eigenvalue weighted by Gasteiger charge is -2.37. The number of aliphatic carboxylic acids is 1. The van der Waals surface area contributed by atoms with E-state index in [0.717, 1.165) is 4.90 Å². The zero-order valence-corrected chi connectivity index (χ0v) is 11.3. The third-order valence-electron chi connectivity index (χ3n) is 3.14. The van der Waals surface area contributed by atoms with Gasteiger partial charge in [0.05, 0.1) is 12.0 Å². The highest BCUT2D eigenvalue weighted by Gasteiger charge is 2.38. The van der Waals surface area contributed by atoms with E-state index in [2.05, 4.69) is 12.6 Å². The summed E-state index contributed by atoms with van der Waals surface area (Å²) in [6.45, 7) is -0.0428. The van der Waals surface area contributed by atoms with E-state index >= 15 is 0 Å². The third kappa shape index (κ3) is 4.10. The molecule has 0 aromatic carbocycles. The van der Waals surface area contributed by atoms with Crippen molar-refractivity contribution >= 4 is 30.4 Å². The number of carbonyl (C=O) groups excluding carboxylic acids is 2. The first-order valence-corrected chi connectivity index (χ1v) is 6.60. The van der Waals surface area contributed by atoms with Crippen molar-refractivity contribution in [3.05, 3.63) is 0 Å². The van der Waals surface area contributed by atoms with Gasteiger partial charge in [0.2, 0.25) is 11.8 Å². The first-order valence-electron chi connectivity index (χ1n) is 5.97. The smallest absolute Gasteiger partial charge is 0.326 e. The second-order valence-corrected chi connectivity index (χ2v) is 4.99. The Balaban J connectivity index is 2.85. The minimum absolute atomic E-state index is 0.0428. The van der Waals surface area contributed by atoms with E-state index in [-0.39, 0.29) is 25.1 Å². The van der Waals surface area contributed by atoms with Crippen LogP contribution in [0.15, 0.2) is 0 Å². The van der Waals surface area contributed by atoms with E-state index in [1.54, 1.807) is 0 Å². The number of carboxylic acid groups (broad SMARTS) is 1. The molecule has 0 saturated carbocycles. The van der Waals surface area contributed by atoms with Gasteiger partial charge in [-0.15, -0.1) is 0 Å². The monoisotopic (exact) mass is 290 g/mol. The van der Waals surface area contributed by atoms with Crippen molar-refractivity contribution in [2.75, 3.05) is 12.3 Å². The number of aliphatic hydroxyl groups is 1. The maximum absolute atomic E-state index is 12.2. The highest BCUT2D eigenvalue weighted by molar-refractivity contribution is 7.80. The molecule has 2 amide bonds. The number of hydrogen-bond acceptors (Lipinski definition) is 5. The molecule has 0 aromatic heterocycles. The zero-order valence-electron chi connectivity index (χ0n) is 10.4. The van der Waals surface area contributed by atoms with Crippen LogP contribution in [0.5, 0.6) is 0 Å². The summed E-state index contributed by atoms with van der Waals surface area (Å²) in [7, 11) is 0. The molecule has 1 heterocycles. The molecule has 19 heavy (non-hydrogen) atoms. The first kappa shape index (κ1) is 15.8. The molecule has 0 radical (unpaired) electrons.